The summed E-state index contributed by atoms with van der Waals surface area (Å²) in [4.78, 5) is 2.36. The fourth-order valence-electron chi connectivity index (χ4n) is 4.15. The highest BCUT2D eigenvalue weighted by Crippen LogP contribution is 2.22. The molecule has 0 bridgehead atoms. The molecule has 1 heteroatoms. The largest absolute Gasteiger partial charge is 0.309 e. The zero-order valence-corrected chi connectivity index (χ0v) is 21.5. The van der Waals surface area contributed by atoms with E-state index in [1.807, 2.05) is 0 Å². The van der Waals surface area contributed by atoms with Gasteiger partial charge in [0.05, 0.1) is 0 Å². The van der Waals surface area contributed by atoms with E-state index >= 15 is 0 Å². The second kappa shape index (κ2) is 24.7. The average molecular weight is 420 g/mol. The highest BCUT2D eigenvalue weighted by atomic mass is 15.0. The van der Waals surface area contributed by atoms with Crippen LogP contribution in [0.1, 0.15) is 136 Å². The Kier molecular flexibility index (Phi) is 24.2. The highest BCUT2D eigenvalue weighted by Gasteiger charge is 2.09. The lowest BCUT2D eigenvalue weighted by molar-refractivity contribution is 0.314. The smallest absolute Gasteiger partial charge is 0.00222 e. The molecular formula is C29H57N. The van der Waals surface area contributed by atoms with Crippen LogP contribution in [-0.4, -0.2) is 25.5 Å². The predicted octanol–water partition coefficient (Wildman–Crippen LogP) is 9.73. The number of rotatable bonds is 23. The molecule has 0 fully saturated rings. The molecule has 0 aliphatic rings. The van der Waals surface area contributed by atoms with Gasteiger partial charge in [-0.2, -0.15) is 0 Å². The van der Waals surface area contributed by atoms with Gasteiger partial charge in [0.2, 0.25) is 0 Å². The molecule has 178 valence electrons. The Balaban J connectivity index is 3.57. The van der Waals surface area contributed by atoms with Gasteiger partial charge in [-0.1, -0.05) is 122 Å². The molecule has 0 aliphatic heterocycles. The Morgan fingerprint density at radius 3 is 1.57 bits per heavy atom. The summed E-state index contributed by atoms with van der Waals surface area (Å²) in [5.74, 6) is 0.968. The SMILES string of the molecule is CCCCC/C=C\C/C=C\CCCCCCCCC(CCCCCC)CCN(C)C. The zero-order chi connectivity index (χ0) is 22.1. The molecule has 1 unspecified atom stereocenters. The molecule has 0 rings (SSSR count). The van der Waals surface area contributed by atoms with Crippen LogP contribution in [0, 0.1) is 5.92 Å². The van der Waals surface area contributed by atoms with Crippen molar-refractivity contribution in [2.45, 2.75) is 136 Å². The van der Waals surface area contributed by atoms with Crippen LogP contribution >= 0.6 is 0 Å². The van der Waals surface area contributed by atoms with Crippen LogP contribution in [0.4, 0.5) is 0 Å². The highest BCUT2D eigenvalue weighted by molar-refractivity contribution is 4.92. The quantitative estimate of drug-likeness (QED) is 0.118. The molecule has 0 saturated carbocycles. The van der Waals surface area contributed by atoms with Gasteiger partial charge in [0.25, 0.3) is 0 Å². The van der Waals surface area contributed by atoms with Gasteiger partial charge in [-0.05, 0) is 65.1 Å². The lowest BCUT2D eigenvalue weighted by Gasteiger charge is -2.19. The molecule has 0 aromatic carbocycles. The van der Waals surface area contributed by atoms with Gasteiger partial charge in [0.15, 0.2) is 0 Å². The summed E-state index contributed by atoms with van der Waals surface area (Å²) >= 11 is 0. The van der Waals surface area contributed by atoms with E-state index in [1.54, 1.807) is 0 Å². The third kappa shape index (κ3) is 23.7. The van der Waals surface area contributed by atoms with Crippen molar-refractivity contribution in [3.05, 3.63) is 24.3 Å². The molecule has 0 aliphatic carbocycles. The van der Waals surface area contributed by atoms with Gasteiger partial charge in [0, 0.05) is 0 Å². The van der Waals surface area contributed by atoms with E-state index in [4.69, 9.17) is 0 Å². The summed E-state index contributed by atoms with van der Waals surface area (Å²) in [6.45, 7) is 5.85. The van der Waals surface area contributed by atoms with Crippen molar-refractivity contribution in [3.63, 3.8) is 0 Å². The molecule has 0 heterocycles. The van der Waals surface area contributed by atoms with Crippen molar-refractivity contribution in [2.24, 2.45) is 5.92 Å². The molecule has 30 heavy (non-hydrogen) atoms. The number of hydrogen-bond acceptors (Lipinski definition) is 1. The van der Waals surface area contributed by atoms with E-state index in [9.17, 15) is 0 Å². The van der Waals surface area contributed by atoms with E-state index in [1.165, 1.54) is 122 Å². The molecule has 1 nitrogen and oxygen atoms in total. The maximum Gasteiger partial charge on any atom is -0.00222 e. The topological polar surface area (TPSA) is 3.24 Å². The summed E-state index contributed by atoms with van der Waals surface area (Å²) in [5.41, 5.74) is 0. The molecular weight excluding hydrogens is 362 g/mol. The van der Waals surface area contributed by atoms with Gasteiger partial charge >= 0.3 is 0 Å². The Hall–Kier alpha value is -0.560. The van der Waals surface area contributed by atoms with Crippen LogP contribution in [-0.2, 0) is 0 Å². The van der Waals surface area contributed by atoms with Crippen molar-refractivity contribution < 1.29 is 0 Å². The molecule has 0 aromatic rings. The predicted molar refractivity (Wildman–Crippen MR) is 139 cm³/mol. The molecule has 0 N–H and O–H groups in total. The van der Waals surface area contributed by atoms with Crippen molar-refractivity contribution in [1.82, 2.24) is 4.90 Å². The fraction of sp³-hybridized carbons (Fsp3) is 0.862. The molecule has 1 atom stereocenters. The Labute approximate surface area is 191 Å². The normalized spacial score (nSPS) is 13.2. The maximum atomic E-state index is 2.39. The molecule has 0 radical (unpaired) electrons. The van der Waals surface area contributed by atoms with E-state index in [-0.39, 0.29) is 0 Å². The van der Waals surface area contributed by atoms with Crippen molar-refractivity contribution in [1.29, 1.82) is 0 Å². The summed E-state index contributed by atoms with van der Waals surface area (Å²) in [6.07, 6.45) is 35.7. The standard InChI is InChI=1S/C29H57N/c1-5-7-9-11-12-13-14-15-16-17-18-19-20-21-22-24-26-29(27-28-30(3)4)25-23-10-8-6-2/h12-13,15-16,29H,5-11,14,17-28H2,1-4H3/b13-12-,16-15-. The summed E-state index contributed by atoms with van der Waals surface area (Å²) in [7, 11) is 4.43. The molecule has 0 spiro atoms. The number of hydrogen-bond donors (Lipinski definition) is 0. The van der Waals surface area contributed by atoms with E-state index in [0.29, 0.717) is 0 Å². The minimum Gasteiger partial charge on any atom is -0.309 e. The van der Waals surface area contributed by atoms with Crippen LogP contribution in [0.25, 0.3) is 0 Å². The van der Waals surface area contributed by atoms with Gasteiger partial charge in [-0.15, -0.1) is 0 Å². The maximum absolute atomic E-state index is 2.39. The first-order valence-electron chi connectivity index (χ1n) is 13.6. The third-order valence-corrected chi connectivity index (χ3v) is 6.26. The monoisotopic (exact) mass is 419 g/mol. The summed E-state index contributed by atoms with van der Waals surface area (Å²) < 4.78 is 0. The Morgan fingerprint density at radius 2 is 1.00 bits per heavy atom. The van der Waals surface area contributed by atoms with Gasteiger partial charge in [-0.3, -0.25) is 0 Å². The fourth-order valence-corrected chi connectivity index (χ4v) is 4.15. The van der Waals surface area contributed by atoms with Gasteiger partial charge < -0.3 is 4.90 Å². The van der Waals surface area contributed by atoms with Crippen LogP contribution in [0.15, 0.2) is 24.3 Å². The van der Waals surface area contributed by atoms with E-state index < -0.39 is 0 Å². The van der Waals surface area contributed by atoms with Crippen molar-refractivity contribution >= 4 is 0 Å². The minimum atomic E-state index is 0.968. The van der Waals surface area contributed by atoms with Crippen molar-refractivity contribution in [2.75, 3.05) is 20.6 Å². The van der Waals surface area contributed by atoms with Crippen LogP contribution in [0.3, 0.4) is 0 Å². The second-order valence-electron chi connectivity index (χ2n) is 9.68. The first kappa shape index (κ1) is 29.4. The zero-order valence-electron chi connectivity index (χ0n) is 21.5. The number of unbranched alkanes of at least 4 members (excludes halogenated alkanes) is 12. The lowest BCUT2D eigenvalue weighted by atomic mass is 9.91. The van der Waals surface area contributed by atoms with E-state index in [2.05, 4.69) is 57.1 Å². The van der Waals surface area contributed by atoms with Crippen molar-refractivity contribution in [3.8, 4) is 0 Å². The Morgan fingerprint density at radius 1 is 0.533 bits per heavy atom. The molecule has 0 aromatic heterocycles. The number of allylic oxidation sites excluding steroid dienone is 4. The molecule has 0 amide bonds. The minimum absolute atomic E-state index is 0.968. The molecule has 0 saturated heterocycles. The van der Waals surface area contributed by atoms with Crippen LogP contribution in [0.2, 0.25) is 0 Å². The summed E-state index contributed by atoms with van der Waals surface area (Å²) in [6, 6.07) is 0. The van der Waals surface area contributed by atoms with Gasteiger partial charge in [-0.25, -0.2) is 0 Å². The van der Waals surface area contributed by atoms with E-state index in [0.717, 1.165) is 12.3 Å². The second-order valence-corrected chi connectivity index (χ2v) is 9.68. The third-order valence-electron chi connectivity index (χ3n) is 6.26. The van der Waals surface area contributed by atoms with Crippen LogP contribution < -0.4 is 0 Å². The lowest BCUT2D eigenvalue weighted by Crippen LogP contribution is -2.17. The average Bonchev–Trinajstić information content (AvgIpc) is 2.73. The first-order chi connectivity index (χ1) is 14.7. The Bertz CT molecular complexity index is 369. The first-order valence-corrected chi connectivity index (χ1v) is 13.6. The van der Waals surface area contributed by atoms with Crippen LogP contribution in [0.5, 0.6) is 0 Å². The summed E-state index contributed by atoms with van der Waals surface area (Å²) in [5, 5.41) is 0. The van der Waals surface area contributed by atoms with Gasteiger partial charge in [0.1, 0.15) is 0 Å². The number of nitrogens with zero attached hydrogens (tertiary/aromatic N) is 1.